The van der Waals surface area contributed by atoms with E-state index in [1.54, 1.807) is 0 Å². The van der Waals surface area contributed by atoms with Gasteiger partial charge < -0.3 is 212 Å². The fourth-order valence-electron chi connectivity index (χ4n) is 0. The normalized spacial score (nSPS) is 10.1. The molecule has 0 aromatic heterocycles. The van der Waals surface area contributed by atoms with E-state index < -0.39 is 86.0 Å². The van der Waals surface area contributed by atoms with E-state index >= 15 is 0 Å². The number of rotatable bonds is 0. The van der Waals surface area contributed by atoms with E-state index in [0.29, 0.717) is 0 Å². The van der Waals surface area contributed by atoms with Gasteiger partial charge in [-0.05, 0) is 0 Å². The summed E-state index contributed by atoms with van der Waals surface area (Å²) in [5.41, 5.74) is 0. The maximum atomic E-state index is 8.55. The molecule has 0 aliphatic rings. The fourth-order valence-corrected chi connectivity index (χ4v) is 0. The molecule has 0 aromatic carbocycles. The number of phosphoric acid groups is 11. The minimum absolute atomic E-state index is 0. The first kappa shape index (κ1) is 134. The molecule has 0 heterocycles. The predicted molar refractivity (Wildman–Crippen MR) is 101 cm³/mol. The van der Waals surface area contributed by atoms with Crippen molar-refractivity contribution < 1.29 is 333 Å². The topological polar surface area (TPSA) is 949 Å². The third kappa shape index (κ3) is 6940. The van der Waals surface area contributed by atoms with E-state index in [9.17, 15) is 0 Å². The van der Waals surface area contributed by atoms with Crippen molar-refractivity contribution in [2.24, 2.45) is 0 Å². The summed E-state index contributed by atoms with van der Waals surface area (Å²) < 4.78 is 94.0. The van der Waals surface area contributed by atoms with Crippen molar-refractivity contribution in [2.45, 2.75) is 0 Å². The zero-order valence-corrected chi connectivity index (χ0v) is 56.2. The maximum Gasteiger partial charge on any atom is 6.00 e. The van der Waals surface area contributed by atoms with Gasteiger partial charge in [0.1, 0.15) is 0 Å². The van der Waals surface area contributed by atoms with Gasteiger partial charge >= 0.3 is 174 Å². The van der Waals surface area contributed by atoms with E-state index in [1.165, 1.54) is 0 Å². The third-order valence-corrected chi connectivity index (χ3v) is 0. The van der Waals surface area contributed by atoms with Gasteiger partial charge in [0.2, 0.25) is 0 Å². The summed E-state index contributed by atoms with van der Waals surface area (Å²) in [5, 5.41) is 0. The average molecular weight is 1610 g/mol. The van der Waals surface area contributed by atoms with Crippen molar-refractivity contribution in [3.63, 3.8) is 0 Å². The minimum atomic E-state index is -5.39. The molecule has 0 aliphatic carbocycles. The van der Waals surface area contributed by atoms with E-state index in [4.69, 9.17) is 212 Å². The van der Waals surface area contributed by atoms with Crippen molar-refractivity contribution >= 4 is 138 Å². The first-order valence-corrected chi connectivity index (χ1v) is 24.1. The van der Waals surface area contributed by atoms with Crippen LogP contribution in [0.3, 0.4) is 0 Å². The molecule has 0 aliphatic heterocycles. The van der Waals surface area contributed by atoms with Gasteiger partial charge in [0.05, 0.1) is 0 Å². The molecule has 352 valence electrons. The summed E-state index contributed by atoms with van der Waals surface area (Å²) in [4.78, 5) is 282. The Morgan fingerprint density at radius 3 is 0.141 bits per heavy atom. The van der Waals surface area contributed by atoms with Crippen LogP contribution in [-0.2, 0) is 172 Å². The molecule has 0 unspecified atom stereocenters. The van der Waals surface area contributed by atoms with Crippen LogP contribution < -0.4 is 161 Å². The Balaban J connectivity index is -0.0000000182. The molecule has 0 atom stereocenters. The van der Waals surface area contributed by atoms with E-state index in [-0.39, 0.29) is 174 Å². The summed E-state index contributed by atoms with van der Waals surface area (Å²) in [6.07, 6.45) is 0. The molecule has 0 rings (SSSR count). The Morgan fingerprint density at radius 1 is 0.141 bits per heavy atom. The zero-order valence-electron chi connectivity index (χ0n) is 28.0. The van der Waals surface area contributed by atoms with Gasteiger partial charge in [-0.2, -0.15) is 86.0 Å². The standard InChI is InChI=1S/3Al.3Mo.11H3O4P.3Zn/c;;;;;;11*1-5(2,3)4;;;/h;;;;;;11*(H3,1,2,3,4);;;/q3*+3;3*+6;;;;;;;;;;;;3*+2/p-33. The molecule has 0 aromatic rings. The van der Waals surface area contributed by atoms with Gasteiger partial charge in [-0.1, -0.05) is 0 Å². The summed E-state index contributed by atoms with van der Waals surface area (Å²) >= 11 is 0. The molecule has 0 bridgehead atoms. The Labute approximate surface area is 466 Å². The summed E-state index contributed by atoms with van der Waals surface area (Å²) in [6, 6.07) is 0. The van der Waals surface area contributed by atoms with Crippen molar-refractivity contribution in [1.29, 1.82) is 0 Å². The molecule has 0 fully saturated rings. The van der Waals surface area contributed by atoms with Gasteiger partial charge in [0, 0.05) is 0 Å². The molecule has 0 saturated heterocycles. The summed E-state index contributed by atoms with van der Waals surface area (Å²) in [5.74, 6) is 0. The molecule has 64 heteroatoms. The molecule has 0 spiro atoms. The van der Waals surface area contributed by atoms with Crippen molar-refractivity contribution in [2.75, 3.05) is 0 Å². The maximum absolute atomic E-state index is 8.55. The minimum Gasteiger partial charge on any atom is -0.822 e. The molecule has 64 heavy (non-hydrogen) atoms. The number of hydrogen-bond acceptors (Lipinski definition) is 44. The van der Waals surface area contributed by atoms with Crippen LogP contribution in [0, 0.1) is 0 Å². The van der Waals surface area contributed by atoms with E-state index in [1.807, 2.05) is 0 Å². The third-order valence-electron chi connectivity index (χ3n) is 0. The molecule has 0 saturated carbocycles. The smallest absolute Gasteiger partial charge is 0.822 e. The second-order valence-electron chi connectivity index (χ2n) is 4.92. The Hall–Kier alpha value is 6.74. The van der Waals surface area contributed by atoms with Gasteiger partial charge in [-0.3, -0.25) is 0 Å². The largest absolute Gasteiger partial charge is 6.00 e. The quantitative estimate of drug-likeness (QED) is 0.160. The van der Waals surface area contributed by atoms with Crippen LogP contribution >= 0.6 is 86.0 Å². The molecule has 0 radical (unpaired) electrons. The molecule has 0 N–H and O–H groups in total. The van der Waals surface area contributed by atoms with Gasteiger partial charge in [-0.25, -0.2) is 0 Å². The average Bonchev–Trinajstić information content (AvgIpc) is 2.41. The Bertz CT molecular complexity index is 980. The molecular weight excluding hydrogens is 1610 g/mol. The fraction of sp³-hybridized carbons (Fsp3) is 0. The molecular formula is Al3Mo3O44P11Zn3. The number of hydrogen-bond donors (Lipinski definition) is 0. The van der Waals surface area contributed by atoms with Gasteiger partial charge in [-0.15, -0.1) is 0 Å². The van der Waals surface area contributed by atoms with Crippen LogP contribution in [0.15, 0.2) is 0 Å². The van der Waals surface area contributed by atoms with Crippen LogP contribution in [0.1, 0.15) is 0 Å². The second kappa shape index (κ2) is 62.3. The van der Waals surface area contributed by atoms with E-state index in [0.717, 1.165) is 0 Å². The molecule has 44 nitrogen and oxygen atoms in total. The second-order valence-corrected chi connectivity index (χ2v) is 14.8. The van der Waals surface area contributed by atoms with Crippen LogP contribution in [0.25, 0.3) is 0 Å². The first-order chi connectivity index (χ1) is 22.0. The van der Waals surface area contributed by atoms with Crippen LogP contribution in [-0.4, -0.2) is 52.1 Å². The SMILES string of the molecule is O=P([O-])([O-])[O-].O=P([O-])([O-])[O-].O=P([O-])([O-])[O-].O=P([O-])([O-])[O-].O=P([O-])([O-])[O-].O=P([O-])([O-])[O-].O=P([O-])([O-])[O-].O=P([O-])([O-])[O-].O=P([O-])([O-])[O-].O=P([O-])([O-])[O-].O=P([O-])([O-])[O-].[Al+3].[Al+3].[Al+3].[Mo+6].[Mo+6].[Mo+6].[Zn+2].[Zn+2].[Zn+2]. The van der Waals surface area contributed by atoms with E-state index in [2.05, 4.69) is 0 Å². The van der Waals surface area contributed by atoms with Gasteiger partial charge in [0.25, 0.3) is 0 Å². The van der Waals surface area contributed by atoms with Crippen LogP contribution in [0.2, 0.25) is 0 Å². The Morgan fingerprint density at radius 2 is 0.141 bits per heavy atom. The predicted octanol–water partition coefficient (Wildman–Crippen LogP) is -32.2. The van der Waals surface area contributed by atoms with Crippen molar-refractivity contribution in [1.82, 2.24) is 0 Å². The van der Waals surface area contributed by atoms with Crippen LogP contribution in [0.4, 0.5) is 0 Å². The molecule has 0 amide bonds. The monoisotopic (exact) mass is 1610 g/mol. The Kier molecular flexibility index (Phi) is 130. The van der Waals surface area contributed by atoms with Crippen molar-refractivity contribution in [3.05, 3.63) is 0 Å². The van der Waals surface area contributed by atoms with Gasteiger partial charge in [0.15, 0.2) is 0 Å². The summed E-state index contributed by atoms with van der Waals surface area (Å²) in [6.45, 7) is 0. The summed E-state index contributed by atoms with van der Waals surface area (Å²) in [7, 11) is -59.3. The first-order valence-electron chi connectivity index (χ1n) is 8.03. The van der Waals surface area contributed by atoms with Crippen molar-refractivity contribution in [3.8, 4) is 0 Å². The zero-order chi connectivity index (χ0) is 49.5. The van der Waals surface area contributed by atoms with Crippen LogP contribution in [0.5, 0.6) is 0 Å².